The number of nitrogens with zero attached hydrogens (tertiary/aromatic N) is 1. The van der Waals surface area contributed by atoms with E-state index in [0.717, 1.165) is 31.3 Å². The second-order valence-corrected chi connectivity index (χ2v) is 6.24. The van der Waals surface area contributed by atoms with Gasteiger partial charge in [-0.05, 0) is 58.0 Å². The zero-order valence-corrected chi connectivity index (χ0v) is 11.2. The minimum Gasteiger partial charge on any atom is -0.389 e. The molecule has 1 heterocycles. The summed E-state index contributed by atoms with van der Waals surface area (Å²) in [6.07, 6.45) is 9.01. The van der Waals surface area contributed by atoms with Gasteiger partial charge in [-0.1, -0.05) is 12.8 Å². The van der Waals surface area contributed by atoms with Crippen molar-refractivity contribution in [1.29, 1.82) is 0 Å². The van der Waals surface area contributed by atoms with Crippen LogP contribution in [0.5, 0.6) is 0 Å². The van der Waals surface area contributed by atoms with Crippen molar-refractivity contribution in [3.63, 3.8) is 0 Å². The first-order valence-electron chi connectivity index (χ1n) is 7.29. The summed E-state index contributed by atoms with van der Waals surface area (Å²) >= 11 is 0. The largest absolute Gasteiger partial charge is 0.389 e. The van der Waals surface area contributed by atoms with Crippen LogP contribution in [0.15, 0.2) is 0 Å². The molecule has 0 amide bonds. The Kier molecular flexibility index (Phi) is 4.45. The minimum atomic E-state index is -0.661. The highest BCUT2D eigenvalue weighted by Crippen LogP contribution is 2.36. The molecule has 0 aromatic heterocycles. The molecule has 1 aliphatic carbocycles. The Bertz CT molecular complexity index is 242. The smallest absolute Gasteiger partial charge is 0.0741 e. The molecule has 100 valence electrons. The van der Waals surface area contributed by atoms with Crippen LogP contribution in [0.2, 0.25) is 0 Å². The standard InChI is InChI=1S/C14H28N2O/c1-14(17,11-15)8-4-9-16-10-7-12-5-2-3-6-13(12)16/h12-13,17H,2-11,15H2,1H3. The zero-order chi connectivity index (χ0) is 12.3. The van der Waals surface area contributed by atoms with Crippen LogP contribution >= 0.6 is 0 Å². The van der Waals surface area contributed by atoms with Crippen molar-refractivity contribution < 1.29 is 5.11 Å². The highest BCUT2D eigenvalue weighted by molar-refractivity contribution is 4.89. The summed E-state index contributed by atoms with van der Waals surface area (Å²) in [6, 6.07) is 0.853. The van der Waals surface area contributed by atoms with E-state index in [0.29, 0.717) is 6.54 Å². The fourth-order valence-corrected chi connectivity index (χ4v) is 3.55. The zero-order valence-electron chi connectivity index (χ0n) is 11.2. The van der Waals surface area contributed by atoms with Crippen LogP contribution in [-0.2, 0) is 0 Å². The molecular formula is C14H28N2O. The van der Waals surface area contributed by atoms with Gasteiger partial charge in [0, 0.05) is 12.6 Å². The topological polar surface area (TPSA) is 49.5 Å². The number of rotatable bonds is 5. The quantitative estimate of drug-likeness (QED) is 0.769. The summed E-state index contributed by atoms with van der Waals surface area (Å²) in [4.78, 5) is 2.66. The lowest BCUT2D eigenvalue weighted by Crippen LogP contribution is -2.38. The number of hydrogen-bond donors (Lipinski definition) is 2. The molecule has 2 rings (SSSR count). The fraction of sp³-hybridized carbons (Fsp3) is 1.00. The molecular weight excluding hydrogens is 212 g/mol. The van der Waals surface area contributed by atoms with E-state index in [4.69, 9.17) is 5.73 Å². The maximum atomic E-state index is 9.89. The first kappa shape index (κ1) is 13.3. The van der Waals surface area contributed by atoms with Gasteiger partial charge in [-0.2, -0.15) is 0 Å². The lowest BCUT2D eigenvalue weighted by Gasteiger charge is -2.32. The van der Waals surface area contributed by atoms with E-state index >= 15 is 0 Å². The molecule has 3 atom stereocenters. The summed E-state index contributed by atoms with van der Waals surface area (Å²) in [5.41, 5.74) is 4.88. The third kappa shape index (κ3) is 3.43. The summed E-state index contributed by atoms with van der Waals surface area (Å²) in [5.74, 6) is 0.971. The van der Waals surface area contributed by atoms with E-state index in [1.807, 2.05) is 6.92 Å². The van der Waals surface area contributed by atoms with Crippen molar-refractivity contribution in [2.45, 2.75) is 63.5 Å². The SMILES string of the molecule is CC(O)(CN)CCCN1CCC2CCCCC21. The van der Waals surface area contributed by atoms with Crippen LogP contribution in [0.4, 0.5) is 0 Å². The Hall–Kier alpha value is -0.120. The van der Waals surface area contributed by atoms with Gasteiger partial charge in [-0.3, -0.25) is 0 Å². The second kappa shape index (κ2) is 5.68. The number of fused-ring (bicyclic) bond motifs is 1. The summed E-state index contributed by atoms with van der Waals surface area (Å²) in [7, 11) is 0. The predicted octanol–water partition coefficient (Wildman–Crippen LogP) is 1.74. The van der Waals surface area contributed by atoms with Gasteiger partial charge in [0.1, 0.15) is 0 Å². The molecule has 1 aliphatic heterocycles. The predicted molar refractivity (Wildman–Crippen MR) is 70.8 cm³/mol. The van der Waals surface area contributed by atoms with Crippen LogP contribution in [0.3, 0.4) is 0 Å². The second-order valence-electron chi connectivity index (χ2n) is 6.24. The number of aliphatic hydroxyl groups is 1. The van der Waals surface area contributed by atoms with E-state index in [2.05, 4.69) is 4.90 Å². The first-order valence-corrected chi connectivity index (χ1v) is 7.29. The Labute approximate surface area is 105 Å². The van der Waals surface area contributed by atoms with Crippen molar-refractivity contribution in [1.82, 2.24) is 4.90 Å². The average Bonchev–Trinajstić information content (AvgIpc) is 2.73. The fourth-order valence-electron chi connectivity index (χ4n) is 3.55. The van der Waals surface area contributed by atoms with Crippen molar-refractivity contribution in [3.05, 3.63) is 0 Å². The third-order valence-corrected chi connectivity index (χ3v) is 4.73. The van der Waals surface area contributed by atoms with Crippen LogP contribution in [0.25, 0.3) is 0 Å². The van der Waals surface area contributed by atoms with Crippen molar-refractivity contribution >= 4 is 0 Å². The number of likely N-dealkylation sites (tertiary alicyclic amines) is 1. The number of hydrogen-bond acceptors (Lipinski definition) is 3. The average molecular weight is 240 g/mol. The molecule has 2 aliphatic rings. The molecule has 3 N–H and O–H groups in total. The molecule has 1 saturated carbocycles. The molecule has 0 radical (unpaired) electrons. The normalized spacial score (nSPS) is 33.4. The monoisotopic (exact) mass is 240 g/mol. The van der Waals surface area contributed by atoms with E-state index in [9.17, 15) is 5.11 Å². The van der Waals surface area contributed by atoms with Gasteiger partial charge in [0.15, 0.2) is 0 Å². The minimum absolute atomic E-state index is 0.374. The molecule has 3 unspecified atom stereocenters. The van der Waals surface area contributed by atoms with E-state index < -0.39 is 5.60 Å². The van der Waals surface area contributed by atoms with Crippen LogP contribution in [0, 0.1) is 5.92 Å². The van der Waals surface area contributed by atoms with Gasteiger partial charge >= 0.3 is 0 Å². The molecule has 17 heavy (non-hydrogen) atoms. The third-order valence-electron chi connectivity index (χ3n) is 4.73. The van der Waals surface area contributed by atoms with Crippen molar-refractivity contribution in [2.75, 3.05) is 19.6 Å². The Morgan fingerprint density at radius 2 is 2.06 bits per heavy atom. The molecule has 2 fully saturated rings. The lowest BCUT2D eigenvalue weighted by molar-refractivity contribution is 0.0527. The van der Waals surface area contributed by atoms with E-state index in [1.54, 1.807) is 0 Å². The van der Waals surface area contributed by atoms with Crippen molar-refractivity contribution in [3.8, 4) is 0 Å². The maximum absolute atomic E-state index is 9.89. The Balaban J connectivity index is 1.73. The molecule has 3 heteroatoms. The Morgan fingerprint density at radius 1 is 1.29 bits per heavy atom. The van der Waals surface area contributed by atoms with Gasteiger partial charge in [-0.25, -0.2) is 0 Å². The van der Waals surface area contributed by atoms with Crippen LogP contribution < -0.4 is 5.73 Å². The van der Waals surface area contributed by atoms with Crippen LogP contribution in [0.1, 0.15) is 51.9 Å². The van der Waals surface area contributed by atoms with Gasteiger partial charge in [0.25, 0.3) is 0 Å². The van der Waals surface area contributed by atoms with Crippen molar-refractivity contribution in [2.24, 2.45) is 11.7 Å². The van der Waals surface area contributed by atoms with Gasteiger partial charge in [0.05, 0.1) is 5.60 Å². The van der Waals surface area contributed by atoms with E-state index in [-0.39, 0.29) is 0 Å². The summed E-state index contributed by atoms with van der Waals surface area (Å²) in [5, 5.41) is 9.89. The molecule has 1 saturated heterocycles. The van der Waals surface area contributed by atoms with Crippen LogP contribution in [-0.4, -0.2) is 41.3 Å². The highest BCUT2D eigenvalue weighted by Gasteiger charge is 2.35. The van der Waals surface area contributed by atoms with Gasteiger partial charge in [-0.15, -0.1) is 0 Å². The first-order chi connectivity index (χ1) is 8.12. The molecule has 3 nitrogen and oxygen atoms in total. The van der Waals surface area contributed by atoms with Gasteiger partial charge < -0.3 is 15.7 Å². The molecule has 0 aromatic carbocycles. The number of nitrogens with two attached hydrogens (primary N) is 1. The van der Waals surface area contributed by atoms with Gasteiger partial charge in [0.2, 0.25) is 0 Å². The Morgan fingerprint density at radius 3 is 2.82 bits per heavy atom. The maximum Gasteiger partial charge on any atom is 0.0741 e. The molecule has 0 bridgehead atoms. The highest BCUT2D eigenvalue weighted by atomic mass is 16.3. The summed E-state index contributed by atoms with van der Waals surface area (Å²) in [6.45, 7) is 4.65. The summed E-state index contributed by atoms with van der Waals surface area (Å²) < 4.78 is 0. The molecule has 0 spiro atoms. The lowest BCUT2D eigenvalue weighted by atomic mass is 9.85. The van der Waals surface area contributed by atoms with E-state index in [1.165, 1.54) is 38.6 Å². The molecule has 0 aromatic rings.